The summed E-state index contributed by atoms with van der Waals surface area (Å²) in [5.74, 6) is -1.28. The van der Waals surface area contributed by atoms with Gasteiger partial charge in [-0.15, -0.1) is 0 Å². The summed E-state index contributed by atoms with van der Waals surface area (Å²) < 4.78 is 11.0. The molecule has 0 amide bonds. The maximum atomic E-state index is 12.7. The van der Waals surface area contributed by atoms with E-state index in [2.05, 4.69) is 0 Å². The van der Waals surface area contributed by atoms with E-state index in [-0.39, 0.29) is 30.5 Å². The number of carboxylic acid groups (broad SMARTS) is 1. The number of quaternary nitrogens is 1. The Morgan fingerprint density at radius 2 is 1.24 bits per heavy atom. The standard InChI is InChI=1S/C22H17NO6/c24-20(25)11-23(9-14-12-28-18-7-3-1-5-16(18)21(14)26)10-15-13-29-19-8-4-2-6-17(19)22(15)27/h1-8,12-13H,9-11H2,(H,24,25). The van der Waals surface area contributed by atoms with Gasteiger partial charge in [-0.25, -0.2) is 0 Å². The molecule has 7 nitrogen and oxygen atoms in total. The molecular formula is C22H17NO6. The van der Waals surface area contributed by atoms with E-state index < -0.39 is 5.97 Å². The number of carbonyl (C=O) groups is 1. The molecule has 0 radical (unpaired) electrons. The van der Waals surface area contributed by atoms with Crippen LogP contribution in [0, 0.1) is 0 Å². The van der Waals surface area contributed by atoms with Crippen molar-refractivity contribution in [2.75, 3.05) is 6.54 Å². The molecule has 2 aromatic heterocycles. The van der Waals surface area contributed by atoms with Crippen LogP contribution in [0.4, 0.5) is 0 Å². The second-order valence-corrected chi connectivity index (χ2v) is 6.82. The Hall–Kier alpha value is -3.71. The third kappa shape index (κ3) is 3.81. The van der Waals surface area contributed by atoms with Crippen LogP contribution in [-0.2, 0) is 17.9 Å². The molecule has 0 saturated heterocycles. The van der Waals surface area contributed by atoms with Gasteiger partial charge in [0, 0.05) is 0 Å². The van der Waals surface area contributed by atoms with E-state index >= 15 is 0 Å². The number of carbonyl (C=O) groups excluding carboxylic acids is 1. The Morgan fingerprint density at radius 1 is 0.793 bits per heavy atom. The first kappa shape index (κ1) is 18.6. The Morgan fingerprint density at radius 3 is 1.69 bits per heavy atom. The molecule has 4 rings (SSSR count). The number of fused-ring (bicyclic) bond motifs is 2. The quantitative estimate of drug-likeness (QED) is 0.505. The van der Waals surface area contributed by atoms with Crippen LogP contribution >= 0.6 is 0 Å². The average molecular weight is 391 g/mol. The first-order valence-corrected chi connectivity index (χ1v) is 9.05. The predicted molar refractivity (Wildman–Crippen MR) is 103 cm³/mol. The molecule has 0 unspecified atom stereocenters. The van der Waals surface area contributed by atoms with Crippen LogP contribution in [0.1, 0.15) is 11.1 Å². The highest BCUT2D eigenvalue weighted by Gasteiger charge is 2.18. The van der Waals surface area contributed by atoms with Gasteiger partial charge in [0.25, 0.3) is 0 Å². The van der Waals surface area contributed by atoms with Gasteiger partial charge >= 0.3 is 0 Å². The van der Waals surface area contributed by atoms with E-state index in [0.29, 0.717) is 38.0 Å². The number of hydrogen-bond acceptors (Lipinski definition) is 6. The van der Waals surface area contributed by atoms with Crippen molar-refractivity contribution in [2.24, 2.45) is 0 Å². The van der Waals surface area contributed by atoms with Crippen LogP contribution in [0.3, 0.4) is 0 Å². The van der Waals surface area contributed by atoms with E-state index in [1.807, 2.05) is 0 Å². The lowest BCUT2D eigenvalue weighted by Gasteiger charge is -2.19. The SMILES string of the molecule is O=C([O-])C[NH+](Cc1coc2ccccc2c1=O)Cc1coc2ccccc2c1=O. The van der Waals surface area contributed by atoms with Gasteiger partial charge in [-0.1, -0.05) is 24.3 Å². The fraction of sp³-hybridized carbons (Fsp3) is 0.136. The van der Waals surface area contributed by atoms with E-state index in [1.165, 1.54) is 12.5 Å². The summed E-state index contributed by atoms with van der Waals surface area (Å²) in [5, 5.41) is 12.1. The zero-order chi connectivity index (χ0) is 20.4. The molecule has 0 atom stereocenters. The molecule has 2 aromatic carbocycles. The van der Waals surface area contributed by atoms with Crippen LogP contribution < -0.4 is 20.9 Å². The second kappa shape index (κ2) is 7.73. The number of benzene rings is 2. The highest BCUT2D eigenvalue weighted by Crippen LogP contribution is 2.11. The lowest BCUT2D eigenvalue weighted by molar-refractivity contribution is -0.922. The molecule has 0 aliphatic carbocycles. The van der Waals surface area contributed by atoms with Crippen molar-refractivity contribution in [2.45, 2.75) is 13.1 Å². The number of hydrogen-bond donors (Lipinski definition) is 1. The summed E-state index contributed by atoms with van der Waals surface area (Å²) in [5.41, 5.74) is 1.10. The Labute approximate surface area is 164 Å². The van der Waals surface area contributed by atoms with Crippen molar-refractivity contribution in [3.05, 3.63) is 92.6 Å². The molecule has 7 heteroatoms. The lowest BCUT2D eigenvalue weighted by Crippen LogP contribution is -3.11. The maximum Gasteiger partial charge on any atom is 0.201 e. The molecule has 4 aromatic rings. The molecule has 0 saturated carbocycles. The Kier molecular flexibility index (Phi) is 4.97. The van der Waals surface area contributed by atoms with Crippen molar-refractivity contribution in [1.29, 1.82) is 0 Å². The van der Waals surface area contributed by atoms with Gasteiger partial charge in [-0.2, -0.15) is 0 Å². The molecule has 29 heavy (non-hydrogen) atoms. The Balaban J connectivity index is 1.68. The van der Waals surface area contributed by atoms with E-state index in [1.54, 1.807) is 48.5 Å². The highest BCUT2D eigenvalue weighted by molar-refractivity contribution is 5.77. The largest absolute Gasteiger partial charge is 0.544 e. The normalized spacial score (nSPS) is 11.3. The minimum Gasteiger partial charge on any atom is -0.544 e. The van der Waals surface area contributed by atoms with Crippen LogP contribution in [0.5, 0.6) is 0 Å². The smallest absolute Gasteiger partial charge is 0.201 e. The summed E-state index contributed by atoms with van der Waals surface area (Å²) in [4.78, 5) is 37.2. The van der Waals surface area contributed by atoms with Gasteiger partial charge in [-0.3, -0.25) is 9.59 Å². The van der Waals surface area contributed by atoms with Crippen LogP contribution in [0.2, 0.25) is 0 Å². The maximum absolute atomic E-state index is 12.7. The topological polar surface area (TPSA) is 105 Å². The summed E-state index contributed by atoms with van der Waals surface area (Å²) in [6.07, 6.45) is 2.67. The zero-order valence-electron chi connectivity index (χ0n) is 15.3. The third-order valence-corrected chi connectivity index (χ3v) is 4.78. The summed E-state index contributed by atoms with van der Waals surface area (Å²) in [6.45, 7) is -0.251. The van der Waals surface area contributed by atoms with E-state index in [0.717, 1.165) is 0 Å². The first-order chi connectivity index (χ1) is 14.0. The van der Waals surface area contributed by atoms with Crippen molar-refractivity contribution < 1.29 is 23.6 Å². The minimum absolute atomic E-state index is 0.0629. The number of carboxylic acids is 1. The van der Waals surface area contributed by atoms with Crippen LogP contribution in [0.15, 0.2) is 79.5 Å². The van der Waals surface area contributed by atoms with Crippen molar-refractivity contribution in [3.63, 3.8) is 0 Å². The van der Waals surface area contributed by atoms with Crippen molar-refractivity contribution >= 4 is 27.9 Å². The van der Waals surface area contributed by atoms with Crippen molar-refractivity contribution in [3.8, 4) is 0 Å². The monoisotopic (exact) mass is 391 g/mol. The van der Waals surface area contributed by atoms with Crippen molar-refractivity contribution in [1.82, 2.24) is 0 Å². The van der Waals surface area contributed by atoms with Crippen LogP contribution in [0.25, 0.3) is 21.9 Å². The first-order valence-electron chi connectivity index (χ1n) is 9.05. The molecule has 0 aliphatic heterocycles. The molecule has 2 heterocycles. The molecular weight excluding hydrogens is 374 g/mol. The summed E-state index contributed by atoms with van der Waals surface area (Å²) >= 11 is 0. The van der Waals surface area contributed by atoms with Gasteiger partial charge in [0.1, 0.15) is 43.3 Å². The van der Waals surface area contributed by atoms with Gasteiger partial charge in [0.2, 0.25) is 10.9 Å². The van der Waals surface area contributed by atoms with Crippen LogP contribution in [-0.4, -0.2) is 12.5 Å². The molecule has 0 bridgehead atoms. The fourth-order valence-electron chi connectivity index (χ4n) is 3.41. The Bertz CT molecular complexity index is 1220. The van der Waals surface area contributed by atoms with E-state index in [9.17, 15) is 19.5 Å². The lowest BCUT2D eigenvalue weighted by atomic mass is 10.1. The highest BCUT2D eigenvalue weighted by atomic mass is 16.4. The fourth-order valence-corrected chi connectivity index (χ4v) is 3.41. The zero-order valence-corrected chi connectivity index (χ0v) is 15.3. The average Bonchev–Trinajstić information content (AvgIpc) is 2.72. The number of rotatable bonds is 6. The molecule has 146 valence electrons. The van der Waals surface area contributed by atoms with E-state index in [4.69, 9.17) is 8.83 Å². The number of para-hydroxylation sites is 2. The van der Waals surface area contributed by atoms with Gasteiger partial charge < -0.3 is 23.6 Å². The molecule has 0 fully saturated rings. The third-order valence-electron chi connectivity index (χ3n) is 4.78. The van der Waals surface area contributed by atoms with Gasteiger partial charge in [-0.05, 0) is 24.3 Å². The number of aliphatic carboxylic acids is 1. The molecule has 1 N–H and O–H groups in total. The minimum atomic E-state index is -1.28. The number of nitrogens with one attached hydrogen (secondary N) is 1. The van der Waals surface area contributed by atoms with Gasteiger partial charge in [0.15, 0.2) is 0 Å². The predicted octanol–water partition coefficient (Wildman–Crippen LogP) is 0.234. The summed E-state index contributed by atoms with van der Waals surface area (Å²) in [6, 6.07) is 13.7. The summed E-state index contributed by atoms with van der Waals surface area (Å²) in [7, 11) is 0. The molecule has 0 aliphatic rings. The van der Waals surface area contributed by atoms with Gasteiger partial charge in [0.05, 0.1) is 27.9 Å². The molecule has 0 spiro atoms. The second-order valence-electron chi connectivity index (χ2n) is 6.82.